The van der Waals surface area contributed by atoms with Gasteiger partial charge in [0, 0.05) is 0 Å². The van der Waals surface area contributed by atoms with Crippen LogP contribution in [0.4, 0.5) is 0 Å². The molecule has 1 rings (SSSR count). The molecule has 0 fully saturated rings. The van der Waals surface area contributed by atoms with Gasteiger partial charge in [0.05, 0.1) is 17.0 Å². The zero-order valence-electron chi connectivity index (χ0n) is 9.57. The number of ether oxygens (including phenoxy) is 1. The van der Waals surface area contributed by atoms with Crippen molar-refractivity contribution in [2.45, 2.75) is 18.7 Å². The van der Waals surface area contributed by atoms with Crippen LogP contribution in [0.5, 0.6) is 5.75 Å². The molecule has 4 nitrogen and oxygen atoms in total. The third-order valence-electron chi connectivity index (χ3n) is 2.16. The molecule has 17 heavy (non-hydrogen) atoms. The van der Waals surface area contributed by atoms with Gasteiger partial charge in [0.2, 0.25) is 0 Å². The van der Waals surface area contributed by atoms with E-state index in [1.165, 1.54) is 25.1 Å². The number of esters is 1. The van der Waals surface area contributed by atoms with Crippen LogP contribution in [0.1, 0.15) is 34.6 Å². The topological polar surface area (TPSA) is 63.6 Å². The van der Waals surface area contributed by atoms with Crippen LogP contribution in [-0.2, 0) is 9.53 Å². The lowest BCUT2D eigenvalue weighted by Crippen LogP contribution is -2.11. The number of aromatic hydroxyl groups is 1. The summed E-state index contributed by atoms with van der Waals surface area (Å²) in [7, 11) is 0. The molecule has 92 valence electrons. The average Bonchev–Trinajstić information content (AvgIpc) is 2.28. The highest BCUT2D eigenvalue weighted by Gasteiger charge is 2.21. The second kappa shape index (κ2) is 5.82. The number of carbonyl (C=O) groups excluding carboxylic acids is 2. The summed E-state index contributed by atoms with van der Waals surface area (Å²) in [4.78, 5) is 22.4. The zero-order chi connectivity index (χ0) is 13.0. The number of ketones is 1. The predicted octanol–water partition coefficient (Wildman–Crippen LogP) is 2.59. The number of phenolic OH excluding ortho intramolecular Hbond substituents is 1. The molecule has 0 heterocycles. The van der Waals surface area contributed by atoms with Gasteiger partial charge in [-0.25, -0.2) is 4.79 Å². The summed E-state index contributed by atoms with van der Waals surface area (Å²) < 4.78 is 4.87. The first-order valence-electron chi connectivity index (χ1n) is 5.12. The molecule has 1 atom stereocenters. The largest absolute Gasteiger partial charge is 0.508 e. The summed E-state index contributed by atoms with van der Waals surface area (Å²) >= 11 is 3.21. The Kier molecular flexibility index (Phi) is 4.69. The number of alkyl halides is 1. The molecule has 5 heteroatoms. The second-order valence-electron chi connectivity index (χ2n) is 3.47. The maximum atomic E-state index is 11.7. The summed E-state index contributed by atoms with van der Waals surface area (Å²) in [6.45, 7) is 3.35. The Labute approximate surface area is 108 Å². The van der Waals surface area contributed by atoms with Crippen molar-refractivity contribution in [3.05, 3.63) is 29.3 Å². The van der Waals surface area contributed by atoms with E-state index in [0.717, 1.165) is 0 Å². The quantitative estimate of drug-likeness (QED) is 0.686. The predicted molar refractivity (Wildman–Crippen MR) is 66.4 cm³/mol. The molecule has 0 spiro atoms. The molecule has 1 N–H and O–H groups in total. The minimum atomic E-state index is -0.581. The van der Waals surface area contributed by atoms with Gasteiger partial charge in [0.1, 0.15) is 11.5 Å². The lowest BCUT2D eigenvalue weighted by Gasteiger charge is -2.12. The monoisotopic (exact) mass is 300 g/mol. The molecule has 0 saturated heterocycles. The third kappa shape index (κ3) is 3.30. The van der Waals surface area contributed by atoms with Crippen LogP contribution in [0.2, 0.25) is 0 Å². The Balaban J connectivity index is 3.21. The van der Waals surface area contributed by atoms with E-state index in [1.54, 1.807) is 6.92 Å². The number of rotatable bonds is 4. The van der Waals surface area contributed by atoms with Crippen molar-refractivity contribution in [2.24, 2.45) is 0 Å². The van der Waals surface area contributed by atoms with Crippen LogP contribution in [0.15, 0.2) is 18.2 Å². The molecule has 0 radical (unpaired) electrons. The number of Topliss-reactive ketones (excluding diaryl/α,β-unsaturated/α-hetero) is 1. The summed E-state index contributed by atoms with van der Waals surface area (Å²) in [5.74, 6) is -0.717. The van der Waals surface area contributed by atoms with Gasteiger partial charge >= 0.3 is 5.97 Å². The van der Waals surface area contributed by atoms with Gasteiger partial charge in [-0.15, -0.1) is 0 Å². The standard InChI is InChI=1S/C12H13BrO4/c1-3-17-12(16)10-6-8(15)4-5-9(10)11(13)7(2)14/h4-6,11,15H,3H2,1-2H3. The van der Waals surface area contributed by atoms with Crippen molar-refractivity contribution in [2.75, 3.05) is 6.61 Å². The van der Waals surface area contributed by atoms with E-state index in [9.17, 15) is 14.7 Å². The highest BCUT2D eigenvalue weighted by molar-refractivity contribution is 9.09. The molecule has 1 unspecified atom stereocenters. The molecule has 0 aliphatic rings. The summed E-state index contributed by atoms with van der Waals surface area (Å²) in [5, 5.41) is 9.37. The minimum absolute atomic E-state index is 0.0416. The Bertz CT molecular complexity index is 442. The van der Waals surface area contributed by atoms with Gasteiger partial charge in [-0.2, -0.15) is 0 Å². The van der Waals surface area contributed by atoms with Crippen molar-refractivity contribution >= 4 is 27.7 Å². The smallest absolute Gasteiger partial charge is 0.338 e. The van der Waals surface area contributed by atoms with Crippen molar-refractivity contribution in [3.63, 3.8) is 0 Å². The van der Waals surface area contributed by atoms with E-state index in [0.29, 0.717) is 5.56 Å². The van der Waals surface area contributed by atoms with Gasteiger partial charge in [0.25, 0.3) is 0 Å². The van der Waals surface area contributed by atoms with E-state index in [4.69, 9.17) is 4.74 Å². The summed E-state index contributed by atoms with van der Waals surface area (Å²) in [6, 6.07) is 4.25. The van der Waals surface area contributed by atoms with Crippen LogP contribution >= 0.6 is 15.9 Å². The van der Waals surface area contributed by atoms with Crippen LogP contribution < -0.4 is 0 Å². The molecule has 0 amide bonds. The van der Waals surface area contributed by atoms with Crippen molar-refractivity contribution in [3.8, 4) is 5.75 Å². The zero-order valence-corrected chi connectivity index (χ0v) is 11.2. The van der Waals surface area contributed by atoms with Crippen molar-refractivity contribution in [1.29, 1.82) is 0 Å². The number of halogens is 1. The molecular formula is C12H13BrO4. The van der Waals surface area contributed by atoms with Gasteiger partial charge in [-0.05, 0) is 31.5 Å². The van der Waals surface area contributed by atoms with Crippen LogP contribution in [-0.4, -0.2) is 23.5 Å². The van der Waals surface area contributed by atoms with E-state index >= 15 is 0 Å². The van der Waals surface area contributed by atoms with E-state index in [-0.39, 0.29) is 23.7 Å². The number of hydrogen-bond acceptors (Lipinski definition) is 4. The van der Waals surface area contributed by atoms with Crippen LogP contribution in [0, 0.1) is 0 Å². The molecule has 1 aromatic carbocycles. The van der Waals surface area contributed by atoms with Gasteiger partial charge in [-0.3, -0.25) is 4.79 Å². The maximum Gasteiger partial charge on any atom is 0.338 e. The van der Waals surface area contributed by atoms with Crippen molar-refractivity contribution in [1.82, 2.24) is 0 Å². The number of benzene rings is 1. The first kappa shape index (κ1) is 13.7. The lowest BCUT2D eigenvalue weighted by atomic mass is 10.0. The first-order valence-corrected chi connectivity index (χ1v) is 6.03. The molecule has 0 aliphatic heterocycles. The summed E-state index contributed by atoms with van der Waals surface area (Å²) in [5.41, 5.74) is 0.692. The highest BCUT2D eigenvalue weighted by Crippen LogP contribution is 2.29. The fourth-order valence-corrected chi connectivity index (χ4v) is 1.77. The van der Waals surface area contributed by atoms with E-state index < -0.39 is 10.8 Å². The minimum Gasteiger partial charge on any atom is -0.508 e. The Morgan fingerprint density at radius 1 is 1.47 bits per heavy atom. The first-order chi connectivity index (χ1) is 7.97. The number of phenols is 1. The highest BCUT2D eigenvalue weighted by atomic mass is 79.9. The van der Waals surface area contributed by atoms with Crippen molar-refractivity contribution < 1.29 is 19.4 Å². The fraction of sp³-hybridized carbons (Fsp3) is 0.333. The van der Waals surface area contributed by atoms with E-state index in [2.05, 4.69) is 15.9 Å². The average molecular weight is 301 g/mol. The molecule has 0 bridgehead atoms. The summed E-state index contributed by atoms with van der Waals surface area (Å²) in [6.07, 6.45) is 0. The molecule has 1 aromatic rings. The second-order valence-corrected chi connectivity index (χ2v) is 4.38. The molecule has 0 aromatic heterocycles. The Hall–Kier alpha value is -1.36. The fourth-order valence-electron chi connectivity index (χ4n) is 1.37. The third-order valence-corrected chi connectivity index (χ3v) is 3.30. The maximum absolute atomic E-state index is 11.7. The Morgan fingerprint density at radius 2 is 2.12 bits per heavy atom. The Morgan fingerprint density at radius 3 is 2.65 bits per heavy atom. The van der Waals surface area contributed by atoms with Gasteiger partial charge in [-0.1, -0.05) is 22.0 Å². The molecular weight excluding hydrogens is 288 g/mol. The lowest BCUT2D eigenvalue weighted by molar-refractivity contribution is -0.116. The van der Waals surface area contributed by atoms with Gasteiger partial charge in [0.15, 0.2) is 0 Å². The van der Waals surface area contributed by atoms with Gasteiger partial charge < -0.3 is 9.84 Å². The SMILES string of the molecule is CCOC(=O)c1cc(O)ccc1C(Br)C(C)=O. The normalized spacial score (nSPS) is 11.9. The van der Waals surface area contributed by atoms with Crippen LogP contribution in [0.25, 0.3) is 0 Å². The van der Waals surface area contributed by atoms with E-state index in [1.807, 2.05) is 0 Å². The number of carbonyl (C=O) groups is 2. The molecule has 0 saturated carbocycles. The molecule has 0 aliphatic carbocycles. The number of hydrogen-bond donors (Lipinski definition) is 1. The van der Waals surface area contributed by atoms with Crippen LogP contribution in [0.3, 0.4) is 0 Å².